The minimum atomic E-state index is -1.03. The summed E-state index contributed by atoms with van der Waals surface area (Å²) in [5.74, 6) is -3.94. The Morgan fingerprint density at radius 1 is 0.800 bits per heavy atom. The quantitative estimate of drug-likeness (QED) is 0.135. The third kappa shape index (κ3) is 10.8. The van der Waals surface area contributed by atoms with Crippen molar-refractivity contribution in [3.63, 3.8) is 0 Å². The van der Waals surface area contributed by atoms with Gasteiger partial charge in [-0.25, -0.2) is 4.39 Å². The van der Waals surface area contributed by atoms with Crippen LogP contribution in [0.4, 0.5) is 10.1 Å². The maximum absolute atomic E-state index is 14.9. The number of benzene rings is 2. The van der Waals surface area contributed by atoms with Gasteiger partial charge in [0, 0.05) is 77.7 Å². The summed E-state index contributed by atoms with van der Waals surface area (Å²) in [6, 6.07) is 8.26. The number of rotatable bonds is 19. The number of unbranched alkanes of at least 4 members (excludes halogenated alkanes) is 7. The Balaban J connectivity index is 0.716. The summed E-state index contributed by atoms with van der Waals surface area (Å²) in [5.41, 5.74) is 2.81. The first-order valence-corrected chi connectivity index (χ1v) is 22.6. The summed E-state index contributed by atoms with van der Waals surface area (Å²) in [6.07, 6.45) is 16.0. The van der Waals surface area contributed by atoms with E-state index in [1.54, 1.807) is 46.2 Å². The van der Waals surface area contributed by atoms with Gasteiger partial charge in [-0.3, -0.25) is 48.2 Å². The largest absolute Gasteiger partial charge is 0.383 e. The van der Waals surface area contributed by atoms with Gasteiger partial charge in [0.25, 0.3) is 29.5 Å². The lowest BCUT2D eigenvalue weighted by atomic mass is 9.89. The number of anilines is 1. The Labute approximate surface area is 377 Å². The number of halogens is 1. The van der Waals surface area contributed by atoms with Crippen molar-refractivity contribution in [2.75, 3.05) is 51.6 Å². The summed E-state index contributed by atoms with van der Waals surface area (Å²) in [5, 5.41) is 13.9. The second-order valence-electron chi connectivity index (χ2n) is 17.0. The van der Waals surface area contributed by atoms with Gasteiger partial charge in [0.05, 0.1) is 28.3 Å². The molecule has 17 heteroatoms. The molecule has 2 atom stereocenters. The Kier molecular flexibility index (Phi) is 15.2. The summed E-state index contributed by atoms with van der Waals surface area (Å²) in [6.45, 7) is 2.05. The number of carbonyl (C=O) groups excluding carboxylic acids is 8. The van der Waals surface area contributed by atoms with E-state index in [4.69, 9.17) is 0 Å². The molecule has 4 heterocycles. The molecule has 2 saturated heterocycles. The van der Waals surface area contributed by atoms with Gasteiger partial charge >= 0.3 is 0 Å². The monoisotopic (exact) mass is 890 g/mol. The SMILES string of the molecule is CN1C(=O)CCC(N2C(=O)c3cccc(NCCNC(=O)CCCCCCCCCCC(=O)N4CCN(C(=O)c5cc(CC6=C7C=CC=CC7C(=O)N=N6)ccc5F)CC4)c3C2=O)C1=O. The van der Waals surface area contributed by atoms with E-state index < -0.39 is 41.4 Å². The number of nitrogens with one attached hydrogen (secondary N) is 2. The predicted octanol–water partition coefficient (Wildman–Crippen LogP) is 5.51. The fourth-order valence-corrected chi connectivity index (χ4v) is 8.91. The van der Waals surface area contributed by atoms with E-state index in [0.29, 0.717) is 75.5 Å². The van der Waals surface area contributed by atoms with Gasteiger partial charge in [0.1, 0.15) is 11.9 Å². The highest BCUT2D eigenvalue weighted by molar-refractivity contribution is 6.25. The maximum atomic E-state index is 14.9. The average Bonchev–Trinajstić information content (AvgIpc) is 3.57. The Morgan fingerprint density at radius 3 is 2.26 bits per heavy atom. The van der Waals surface area contributed by atoms with Crippen LogP contribution in [0.3, 0.4) is 0 Å². The van der Waals surface area contributed by atoms with E-state index in [1.807, 2.05) is 12.2 Å². The van der Waals surface area contributed by atoms with E-state index in [-0.39, 0.29) is 53.2 Å². The van der Waals surface area contributed by atoms with Crippen LogP contribution >= 0.6 is 0 Å². The van der Waals surface area contributed by atoms with Crippen LogP contribution in [0.5, 0.6) is 0 Å². The van der Waals surface area contributed by atoms with Gasteiger partial charge in [-0.15, -0.1) is 5.11 Å². The molecule has 2 unspecified atom stereocenters. The topological polar surface area (TPSA) is 198 Å². The molecule has 5 aliphatic rings. The van der Waals surface area contributed by atoms with Crippen molar-refractivity contribution in [3.05, 3.63) is 100 Å². The number of likely N-dealkylation sites (tertiary alicyclic amines) is 1. The first kappa shape index (κ1) is 46.3. The number of hydrogen-bond donors (Lipinski definition) is 2. The van der Waals surface area contributed by atoms with Crippen molar-refractivity contribution in [1.82, 2.24) is 24.9 Å². The molecule has 65 heavy (non-hydrogen) atoms. The number of amides is 8. The van der Waals surface area contributed by atoms with Crippen LogP contribution < -0.4 is 10.6 Å². The third-order valence-corrected chi connectivity index (χ3v) is 12.6. The average molecular weight is 891 g/mol. The molecule has 2 aromatic carbocycles. The predicted molar refractivity (Wildman–Crippen MR) is 237 cm³/mol. The molecule has 0 bridgehead atoms. The number of piperidine rings is 1. The van der Waals surface area contributed by atoms with Crippen molar-refractivity contribution in [3.8, 4) is 0 Å². The highest BCUT2D eigenvalue weighted by Crippen LogP contribution is 2.34. The van der Waals surface area contributed by atoms with Gasteiger partial charge in [-0.1, -0.05) is 75.0 Å². The second-order valence-corrected chi connectivity index (χ2v) is 17.0. The lowest BCUT2D eigenvalue weighted by Crippen LogP contribution is -2.54. The van der Waals surface area contributed by atoms with Gasteiger partial charge < -0.3 is 20.4 Å². The number of nitrogens with zero attached hydrogens (tertiary/aromatic N) is 6. The van der Waals surface area contributed by atoms with E-state index >= 15 is 0 Å². The highest BCUT2D eigenvalue weighted by atomic mass is 19.1. The minimum absolute atomic E-state index is 0.0349. The molecule has 342 valence electrons. The molecule has 1 aliphatic carbocycles. The van der Waals surface area contributed by atoms with E-state index in [0.717, 1.165) is 66.7 Å². The number of carbonyl (C=O) groups is 8. The van der Waals surface area contributed by atoms with E-state index in [9.17, 15) is 42.7 Å². The van der Waals surface area contributed by atoms with Gasteiger partial charge in [-0.05, 0) is 54.7 Å². The summed E-state index contributed by atoms with van der Waals surface area (Å²) >= 11 is 0. The molecular weight excluding hydrogens is 836 g/mol. The van der Waals surface area contributed by atoms with E-state index in [1.165, 1.54) is 19.2 Å². The lowest BCUT2D eigenvalue weighted by molar-refractivity contribution is -0.149. The molecular formula is C48H55FN8O8. The smallest absolute Gasteiger partial charge is 0.275 e. The number of azo groups is 1. The molecule has 7 rings (SSSR count). The number of allylic oxidation sites excluding steroid dienone is 4. The summed E-state index contributed by atoms with van der Waals surface area (Å²) in [7, 11) is 1.35. The Bertz CT molecular complexity index is 2370. The number of fused-ring (bicyclic) bond motifs is 2. The molecule has 16 nitrogen and oxygen atoms in total. The first-order chi connectivity index (χ1) is 31.4. The fourth-order valence-electron chi connectivity index (χ4n) is 8.91. The van der Waals surface area contributed by atoms with Crippen LogP contribution in [0, 0.1) is 11.7 Å². The number of imide groups is 2. The summed E-state index contributed by atoms with van der Waals surface area (Å²) < 4.78 is 14.9. The van der Waals surface area contributed by atoms with Gasteiger partial charge in [-0.2, -0.15) is 5.11 Å². The van der Waals surface area contributed by atoms with Crippen molar-refractivity contribution < 1.29 is 42.7 Å². The van der Waals surface area contributed by atoms with Crippen LogP contribution in [0.25, 0.3) is 0 Å². The number of likely N-dealkylation sites (N-methyl/N-ethyl adjacent to an activating group) is 1. The normalized spacial score (nSPS) is 19.3. The molecule has 0 saturated carbocycles. The van der Waals surface area contributed by atoms with Crippen molar-refractivity contribution >= 4 is 52.9 Å². The summed E-state index contributed by atoms with van der Waals surface area (Å²) in [4.78, 5) is 107. The highest BCUT2D eigenvalue weighted by Gasteiger charge is 2.47. The fraction of sp³-hybridized carbons (Fsp3) is 0.458. The van der Waals surface area contributed by atoms with Crippen LogP contribution in [-0.4, -0.2) is 119 Å². The number of piperazine rings is 1. The van der Waals surface area contributed by atoms with Crippen LogP contribution in [0.1, 0.15) is 114 Å². The Morgan fingerprint density at radius 2 is 1.51 bits per heavy atom. The standard InChI is InChI=1S/C48H55FN8O8/c1-54-41(59)22-21-39(47(54)64)57-46(63)34-15-12-16-37(43(34)48(57)65)50-23-24-51-40(58)17-8-6-4-2-3-5-7-9-18-42(60)55-25-27-56(28-26-55)45(62)35-29-31(19-20-36(35)49)30-38-32-13-10-11-14-33(32)44(61)53-52-38/h10-16,19-20,29,33,39,50H,2-9,17-18,21-28,30H2,1H3,(H,51,58). The van der Waals surface area contributed by atoms with Crippen LogP contribution in [0.2, 0.25) is 0 Å². The Hall–Kier alpha value is -6.65. The molecule has 2 aromatic rings. The van der Waals surface area contributed by atoms with E-state index in [2.05, 4.69) is 20.9 Å². The maximum Gasteiger partial charge on any atom is 0.275 e. The lowest BCUT2D eigenvalue weighted by Gasteiger charge is -2.35. The molecule has 0 radical (unpaired) electrons. The molecule has 4 aliphatic heterocycles. The molecule has 0 spiro atoms. The van der Waals surface area contributed by atoms with Crippen molar-refractivity contribution in [2.24, 2.45) is 16.1 Å². The second kappa shape index (κ2) is 21.4. The zero-order chi connectivity index (χ0) is 46.0. The van der Waals surface area contributed by atoms with Crippen molar-refractivity contribution in [2.45, 2.75) is 89.5 Å². The molecule has 2 fully saturated rings. The van der Waals surface area contributed by atoms with Crippen LogP contribution in [0.15, 0.2) is 82.2 Å². The number of hydrogen-bond acceptors (Lipinski definition) is 10. The third-order valence-electron chi connectivity index (χ3n) is 12.6. The van der Waals surface area contributed by atoms with Crippen LogP contribution in [-0.2, 0) is 30.4 Å². The molecule has 8 amide bonds. The van der Waals surface area contributed by atoms with Gasteiger partial charge in [0.15, 0.2) is 0 Å². The first-order valence-electron chi connectivity index (χ1n) is 22.6. The molecule has 2 N–H and O–H groups in total. The van der Waals surface area contributed by atoms with Crippen molar-refractivity contribution in [1.29, 1.82) is 0 Å². The zero-order valence-electron chi connectivity index (χ0n) is 36.7. The zero-order valence-corrected chi connectivity index (χ0v) is 36.7. The molecule has 0 aromatic heterocycles. The minimum Gasteiger partial charge on any atom is -0.383 e. The van der Waals surface area contributed by atoms with Gasteiger partial charge in [0.2, 0.25) is 17.7 Å².